The maximum absolute atomic E-state index is 12.2. The molecule has 0 aliphatic carbocycles. The maximum atomic E-state index is 12.2. The van der Waals surface area contributed by atoms with E-state index in [0.29, 0.717) is 22.3 Å². The fourth-order valence-electron chi connectivity index (χ4n) is 1.75. The van der Waals surface area contributed by atoms with Crippen molar-refractivity contribution in [3.63, 3.8) is 0 Å². The van der Waals surface area contributed by atoms with Gasteiger partial charge in [-0.05, 0) is 36.4 Å². The molecule has 0 unspecified atom stereocenters. The highest BCUT2D eigenvalue weighted by Crippen LogP contribution is 2.26. The van der Waals surface area contributed by atoms with Crippen molar-refractivity contribution < 1.29 is 23.1 Å². The molecule has 0 aliphatic rings. The molecule has 4 nitrogen and oxygen atoms in total. The lowest BCUT2D eigenvalue weighted by atomic mass is 10.2. The lowest BCUT2D eigenvalue weighted by molar-refractivity contribution is -0.119. The highest BCUT2D eigenvalue weighted by molar-refractivity contribution is 7.99. The Hall–Kier alpha value is -2.12. The maximum Gasteiger partial charge on any atom is 0.340 e. The molecule has 0 atom stereocenters. The fourth-order valence-corrected chi connectivity index (χ4v) is 2.46. The molecule has 8 heteroatoms. The zero-order valence-corrected chi connectivity index (χ0v) is 13.7. The number of carbonyl (C=O) groups excluding carboxylic acids is 2. The summed E-state index contributed by atoms with van der Waals surface area (Å²) in [5.41, 5.74) is 0.577. The minimum Gasteiger partial charge on any atom is -0.452 e. The third kappa shape index (κ3) is 5.50. The van der Waals surface area contributed by atoms with Crippen LogP contribution < -0.4 is 5.32 Å². The van der Waals surface area contributed by atoms with E-state index in [1.807, 2.05) is 0 Å². The molecule has 2 aromatic rings. The Bertz CT molecular complexity index is 726. The number of hydrogen-bond acceptors (Lipinski definition) is 4. The number of alkyl halides is 2. The summed E-state index contributed by atoms with van der Waals surface area (Å²) in [5.74, 6) is -3.77. The second kappa shape index (κ2) is 8.65. The number of rotatable bonds is 6. The molecule has 0 aromatic heterocycles. The van der Waals surface area contributed by atoms with Crippen LogP contribution in [-0.4, -0.2) is 24.2 Å². The van der Waals surface area contributed by atoms with E-state index in [4.69, 9.17) is 16.3 Å². The van der Waals surface area contributed by atoms with Gasteiger partial charge in [0.15, 0.2) is 6.61 Å². The fraction of sp³-hybridized carbons (Fsp3) is 0.125. The van der Waals surface area contributed by atoms with Gasteiger partial charge in [0.25, 0.3) is 11.7 Å². The Morgan fingerprint density at radius 2 is 1.79 bits per heavy atom. The van der Waals surface area contributed by atoms with Crippen LogP contribution in [0.5, 0.6) is 0 Å². The molecular formula is C16H12ClF2NO3S. The molecule has 2 rings (SSSR count). The molecule has 0 heterocycles. The standard InChI is InChI=1S/C16H12ClF2NO3S/c17-13-4-2-1-3-12(13)15(22)23-9-14(21)20-10-5-7-11(8-6-10)24-16(18)19/h1-8,16H,9H2,(H,20,21). The summed E-state index contributed by atoms with van der Waals surface area (Å²) in [7, 11) is 0. The van der Waals surface area contributed by atoms with Crippen molar-refractivity contribution in [2.45, 2.75) is 10.7 Å². The van der Waals surface area contributed by atoms with E-state index in [-0.39, 0.29) is 10.6 Å². The van der Waals surface area contributed by atoms with Crippen LogP contribution in [0.4, 0.5) is 14.5 Å². The number of anilines is 1. The molecule has 0 saturated carbocycles. The second-order valence-electron chi connectivity index (χ2n) is 4.51. The number of hydrogen-bond donors (Lipinski definition) is 1. The topological polar surface area (TPSA) is 55.4 Å². The average Bonchev–Trinajstić information content (AvgIpc) is 2.54. The third-order valence-corrected chi connectivity index (χ3v) is 3.84. The number of carbonyl (C=O) groups is 2. The number of thioether (sulfide) groups is 1. The van der Waals surface area contributed by atoms with Gasteiger partial charge in [-0.2, -0.15) is 8.78 Å². The van der Waals surface area contributed by atoms with Gasteiger partial charge in [0, 0.05) is 10.6 Å². The molecule has 0 saturated heterocycles. The SMILES string of the molecule is O=C(COC(=O)c1ccccc1Cl)Nc1ccc(SC(F)F)cc1. The minimum absolute atomic E-state index is 0.167. The van der Waals surface area contributed by atoms with Gasteiger partial charge in [-0.1, -0.05) is 35.5 Å². The summed E-state index contributed by atoms with van der Waals surface area (Å²) in [6, 6.07) is 12.2. The molecule has 0 radical (unpaired) electrons. The first kappa shape index (κ1) is 18.2. The Kier molecular flexibility index (Phi) is 6.57. The number of benzene rings is 2. The molecule has 0 fully saturated rings. The molecule has 126 valence electrons. The molecule has 24 heavy (non-hydrogen) atoms. The van der Waals surface area contributed by atoms with Gasteiger partial charge in [-0.25, -0.2) is 4.79 Å². The summed E-state index contributed by atoms with van der Waals surface area (Å²) >= 11 is 6.27. The third-order valence-electron chi connectivity index (χ3n) is 2.79. The Labute approximate surface area is 146 Å². The van der Waals surface area contributed by atoms with Gasteiger partial charge in [-0.3, -0.25) is 4.79 Å². The molecular weight excluding hydrogens is 360 g/mol. The van der Waals surface area contributed by atoms with Crippen molar-refractivity contribution in [1.82, 2.24) is 0 Å². The number of amides is 1. The van der Waals surface area contributed by atoms with E-state index < -0.39 is 24.2 Å². The van der Waals surface area contributed by atoms with Gasteiger partial charge < -0.3 is 10.1 Å². The van der Waals surface area contributed by atoms with Crippen LogP contribution in [0.3, 0.4) is 0 Å². The molecule has 0 bridgehead atoms. The monoisotopic (exact) mass is 371 g/mol. The van der Waals surface area contributed by atoms with Crippen LogP contribution in [0.25, 0.3) is 0 Å². The van der Waals surface area contributed by atoms with E-state index in [9.17, 15) is 18.4 Å². The molecule has 2 aromatic carbocycles. The van der Waals surface area contributed by atoms with E-state index in [2.05, 4.69) is 5.32 Å². The highest BCUT2D eigenvalue weighted by Gasteiger charge is 2.13. The highest BCUT2D eigenvalue weighted by atomic mass is 35.5. The molecule has 0 spiro atoms. The summed E-state index contributed by atoms with van der Waals surface area (Å²) in [4.78, 5) is 23.9. The quantitative estimate of drug-likeness (QED) is 0.602. The predicted octanol–water partition coefficient (Wildman–Crippen LogP) is 4.45. The summed E-state index contributed by atoms with van der Waals surface area (Å²) in [6.45, 7) is -0.488. The van der Waals surface area contributed by atoms with Gasteiger partial charge in [0.1, 0.15) is 0 Å². The van der Waals surface area contributed by atoms with Crippen molar-refractivity contribution >= 4 is 40.9 Å². The first-order chi connectivity index (χ1) is 11.5. The van der Waals surface area contributed by atoms with E-state index >= 15 is 0 Å². The van der Waals surface area contributed by atoms with E-state index in [1.165, 1.54) is 36.4 Å². The largest absolute Gasteiger partial charge is 0.452 e. The van der Waals surface area contributed by atoms with Crippen LogP contribution in [0.1, 0.15) is 10.4 Å². The van der Waals surface area contributed by atoms with Crippen LogP contribution in [-0.2, 0) is 9.53 Å². The normalized spacial score (nSPS) is 10.5. The van der Waals surface area contributed by atoms with Crippen molar-refractivity contribution in [3.8, 4) is 0 Å². The Balaban J connectivity index is 1.85. The molecule has 1 amide bonds. The van der Waals surface area contributed by atoms with Crippen LogP contribution >= 0.6 is 23.4 Å². The zero-order valence-electron chi connectivity index (χ0n) is 12.2. The number of esters is 1. The number of halogens is 3. The number of nitrogens with one attached hydrogen (secondary N) is 1. The summed E-state index contributed by atoms with van der Waals surface area (Å²) < 4.78 is 29.3. The van der Waals surface area contributed by atoms with Crippen molar-refractivity contribution in [1.29, 1.82) is 0 Å². The van der Waals surface area contributed by atoms with Crippen LogP contribution in [0.15, 0.2) is 53.4 Å². The summed E-state index contributed by atoms with van der Waals surface area (Å²) in [6.07, 6.45) is 0. The zero-order chi connectivity index (χ0) is 17.5. The Morgan fingerprint density at radius 1 is 1.12 bits per heavy atom. The first-order valence-corrected chi connectivity index (χ1v) is 7.98. The van der Waals surface area contributed by atoms with Crippen LogP contribution in [0.2, 0.25) is 5.02 Å². The van der Waals surface area contributed by atoms with Crippen molar-refractivity contribution in [2.75, 3.05) is 11.9 Å². The van der Waals surface area contributed by atoms with Gasteiger partial charge in [-0.15, -0.1) is 0 Å². The van der Waals surface area contributed by atoms with E-state index in [0.717, 1.165) is 0 Å². The Morgan fingerprint density at radius 3 is 2.42 bits per heavy atom. The second-order valence-corrected chi connectivity index (χ2v) is 5.98. The van der Waals surface area contributed by atoms with Gasteiger partial charge in [0.05, 0.1) is 10.6 Å². The first-order valence-electron chi connectivity index (χ1n) is 6.72. The lowest BCUT2D eigenvalue weighted by Crippen LogP contribution is -2.21. The summed E-state index contributed by atoms with van der Waals surface area (Å²) in [5, 5.41) is 2.73. The van der Waals surface area contributed by atoms with Crippen LogP contribution in [0, 0.1) is 0 Å². The predicted molar refractivity (Wildman–Crippen MR) is 88.7 cm³/mol. The van der Waals surface area contributed by atoms with Gasteiger partial charge in [0.2, 0.25) is 0 Å². The smallest absolute Gasteiger partial charge is 0.340 e. The average molecular weight is 372 g/mol. The van der Waals surface area contributed by atoms with Gasteiger partial charge >= 0.3 is 5.97 Å². The number of ether oxygens (including phenoxy) is 1. The molecule has 1 N–H and O–H groups in total. The molecule has 0 aliphatic heterocycles. The van der Waals surface area contributed by atoms with E-state index in [1.54, 1.807) is 12.1 Å². The minimum atomic E-state index is -2.50. The lowest BCUT2D eigenvalue weighted by Gasteiger charge is -2.08. The van der Waals surface area contributed by atoms with Crippen molar-refractivity contribution in [3.05, 3.63) is 59.1 Å². The van der Waals surface area contributed by atoms with Crippen molar-refractivity contribution in [2.24, 2.45) is 0 Å².